The number of hydrogen-bond acceptors (Lipinski definition) is 4. The van der Waals surface area contributed by atoms with E-state index in [1.807, 2.05) is 20.9 Å². The van der Waals surface area contributed by atoms with Crippen molar-refractivity contribution in [2.24, 2.45) is 18.2 Å². The molecule has 0 saturated carbocycles. The summed E-state index contributed by atoms with van der Waals surface area (Å²) in [5.41, 5.74) is 7.60. The van der Waals surface area contributed by atoms with E-state index in [2.05, 4.69) is 10.4 Å². The summed E-state index contributed by atoms with van der Waals surface area (Å²) in [6.45, 7) is 5.09. The standard InChI is InChI=1S/C15H24N4O3/c1-10-12(11(2)19(3)18-10)8-13(20)17-9-15(14(16)21)4-6-22-7-5-15/h4-9H2,1-3H3,(H2,16,21)(H,17,20). The maximum atomic E-state index is 12.2. The molecule has 1 aliphatic rings. The summed E-state index contributed by atoms with van der Waals surface area (Å²) in [5, 5.41) is 7.16. The second kappa shape index (κ2) is 6.48. The van der Waals surface area contributed by atoms with Gasteiger partial charge >= 0.3 is 0 Å². The predicted octanol–water partition coefficient (Wildman–Crippen LogP) is -0.0223. The molecule has 2 amide bonds. The number of carbonyl (C=O) groups is 2. The molecule has 0 atom stereocenters. The maximum absolute atomic E-state index is 12.2. The monoisotopic (exact) mass is 308 g/mol. The minimum absolute atomic E-state index is 0.119. The summed E-state index contributed by atoms with van der Waals surface area (Å²) in [6, 6.07) is 0. The summed E-state index contributed by atoms with van der Waals surface area (Å²) in [4.78, 5) is 24.0. The van der Waals surface area contributed by atoms with E-state index >= 15 is 0 Å². The molecule has 0 aromatic carbocycles. The van der Waals surface area contributed by atoms with Crippen LogP contribution in [0.1, 0.15) is 29.8 Å². The van der Waals surface area contributed by atoms with Gasteiger partial charge in [-0.1, -0.05) is 0 Å². The summed E-state index contributed by atoms with van der Waals surface area (Å²) in [6.07, 6.45) is 1.36. The number of aryl methyl sites for hydroxylation is 2. The van der Waals surface area contributed by atoms with E-state index in [1.165, 1.54) is 0 Å². The lowest BCUT2D eigenvalue weighted by Gasteiger charge is -2.34. The molecule has 3 N–H and O–H groups in total. The Labute approximate surface area is 130 Å². The van der Waals surface area contributed by atoms with Crippen LogP contribution in [0, 0.1) is 19.3 Å². The number of primary amides is 1. The highest BCUT2D eigenvalue weighted by Gasteiger charge is 2.38. The number of nitrogens with two attached hydrogens (primary N) is 1. The molecule has 2 heterocycles. The van der Waals surface area contributed by atoms with Gasteiger partial charge in [0.2, 0.25) is 11.8 Å². The Morgan fingerprint density at radius 3 is 2.50 bits per heavy atom. The fraction of sp³-hybridized carbons (Fsp3) is 0.667. The Morgan fingerprint density at radius 2 is 2.00 bits per heavy atom. The van der Waals surface area contributed by atoms with Gasteiger partial charge in [0.05, 0.1) is 17.5 Å². The van der Waals surface area contributed by atoms with E-state index in [0.29, 0.717) is 26.1 Å². The normalized spacial score (nSPS) is 17.2. The van der Waals surface area contributed by atoms with Crippen LogP contribution in [0.4, 0.5) is 0 Å². The summed E-state index contributed by atoms with van der Waals surface area (Å²) in [7, 11) is 1.86. The van der Waals surface area contributed by atoms with Crippen molar-refractivity contribution in [3.63, 3.8) is 0 Å². The van der Waals surface area contributed by atoms with Gasteiger partial charge in [-0.05, 0) is 26.7 Å². The first-order chi connectivity index (χ1) is 10.4. The molecule has 2 rings (SSSR count). The Kier molecular flexibility index (Phi) is 4.85. The zero-order chi connectivity index (χ0) is 16.3. The van der Waals surface area contributed by atoms with Crippen LogP contribution in [0.3, 0.4) is 0 Å². The minimum atomic E-state index is -0.688. The van der Waals surface area contributed by atoms with E-state index in [4.69, 9.17) is 10.5 Å². The highest BCUT2D eigenvalue weighted by molar-refractivity contribution is 5.83. The molecular formula is C15H24N4O3. The molecule has 0 unspecified atom stereocenters. The van der Waals surface area contributed by atoms with Crippen molar-refractivity contribution >= 4 is 11.8 Å². The number of nitrogens with one attached hydrogen (secondary N) is 1. The van der Waals surface area contributed by atoms with Gasteiger partial charge in [0.1, 0.15) is 0 Å². The highest BCUT2D eigenvalue weighted by Crippen LogP contribution is 2.29. The summed E-state index contributed by atoms with van der Waals surface area (Å²) >= 11 is 0. The van der Waals surface area contributed by atoms with Gasteiger partial charge in [-0.15, -0.1) is 0 Å². The number of rotatable bonds is 5. The van der Waals surface area contributed by atoms with Crippen molar-refractivity contribution in [1.82, 2.24) is 15.1 Å². The Morgan fingerprint density at radius 1 is 1.36 bits per heavy atom. The molecule has 1 saturated heterocycles. The molecule has 7 nitrogen and oxygen atoms in total. The molecule has 7 heteroatoms. The second-order valence-electron chi connectivity index (χ2n) is 5.98. The van der Waals surface area contributed by atoms with E-state index in [0.717, 1.165) is 17.0 Å². The number of hydrogen-bond donors (Lipinski definition) is 2. The average Bonchev–Trinajstić information content (AvgIpc) is 2.72. The predicted molar refractivity (Wildman–Crippen MR) is 81.1 cm³/mol. The van der Waals surface area contributed by atoms with Crippen molar-refractivity contribution < 1.29 is 14.3 Å². The van der Waals surface area contributed by atoms with Crippen molar-refractivity contribution in [2.45, 2.75) is 33.1 Å². The summed E-state index contributed by atoms with van der Waals surface area (Å²) < 4.78 is 7.05. The van der Waals surface area contributed by atoms with Gasteiger partial charge in [-0.3, -0.25) is 14.3 Å². The van der Waals surface area contributed by atoms with Crippen LogP contribution < -0.4 is 11.1 Å². The van der Waals surface area contributed by atoms with Gasteiger partial charge in [0.15, 0.2) is 0 Å². The van der Waals surface area contributed by atoms with Gasteiger partial charge in [0.25, 0.3) is 0 Å². The lowest BCUT2D eigenvalue weighted by molar-refractivity contribution is -0.133. The fourth-order valence-corrected chi connectivity index (χ4v) is 2.84. The van der Waals surface area contributed by atoms with Crippen molar-refractivity contribution in [2.75, 3.05) is 19.8 Å². The van der Waals surface area contributed by atoms with Crippen molar-refractivity contribution in [1.29, 1.82) is 0 Å². The first-order valence-electron chi connectivity index (χ1n) is 7.49. The topological polar surface area (TPSA) is 99.2 Å². The SMILES string of the molecule is Cc1nn(C)c(C)c1CC(=O)NCC1(C(N)=O)CCOCC1. The van der Waals surface area contributed by atoms with Crippen LogP contribution in [-0.4, -0.2) is 41.4 Å². The number of ether oxygens (including phenoxy) is 1. The van der Waals surface area contributed by atoms with Crippen LogP contribution in [0.25, 0.3) is 0 Å². The fourth-order valence-electron chi connectivity index (χ4n) is 2.84. The Bertz CT molecular complexity index is 574. The first kappa shape index (κ1) is 16.5. The van der Waals surface area contributed by atoms with Crippen molar-refractivity contribution in [3.05, 3.63) is 17.0 Å². The number of amides is 2. The molecule has 0 spiro atoms. The first-order valence-corrected chi connectivity index (χ1v) is 7.49. The molecule has 22 heavy (non-hydrogen) atoms. The Hall–Kier alpha value is -1.89. The minimum Gasteiger partial charge on any atom is -0.381 e. The summed E-state index contributed by atoms with van der Waals surface area (Å²) in [5.74, 6) is -0.490. The molecule has 1 fully saturated rings. The van der Waals surface area contributed by atoms with Crippen LogP contribution in [-0.2, 0) is 27.8 Å². The largest absolute Gasteiger partial charge is 0.381 e. The van der Waals surface area contributed by atoms with Crippen LogP contribution >= 0.6 is 0 Å². The maximum Gasteiger partial charge on any atom is 0.225 e. The van der Waals surface area contributed by atoms with E-state index < -0.39 is 5.41 Å². The van der Waals surface area contributed by atoms with E-state index in [1.54, 1.807) is 4.68 Å². The molecular weight excluding hydrogens is 284 g/mol. The molecule has 1 aromatic heterocycles. The Balaban J connectivity index is 1.98. The molecule has 0 aliphatic carbocycles. The van der Waals surface area contributed by atoms with Gasteiger partial charge in [-0.2, -0.15) is 5.10 Å². The third kappa shape index (κ3) is 3.30. The third-order valence-corrected chi connectivity index (χ3v) is 4.59. The molecule has 122 valence electrons. The number of carbonyl (C=O) groups excluding carboxylic acids is 2. The zero-order valence-electron chi connectivity index (χ0n) is 13.4. The molecule has 1 aliphatic heterocycles. The van der Waals surface area contributed by atoms with Crippen molar-refractivity contribution in [3.8, 4) is 0 Å². The average molecular weight is 308 g/mol. The molecule has 0 bridgehead atoms. The zero-order valence-corrected chi connectivity index (χ0v) is 13.4. The quantitative estimate of drug-likeness (QED) is 0.798. The lowest BCUT2D eigenvalue weighted by atomic mass is 9.79. The smallest absolute Gasteiger partial charge is 0.225 e. The van der Waals surface area contributed by atoms with Crippen LogP contribution in [0.2, 0.25) is 0 Å². The van der Waals surface area contributed by atoms with E-state index in [9.17, 15) is 9.59 Å². The number of aromatic nitrogens is 2. The highest BCUT2D eigenvalue weighted by atomic mass is 16.5. The van der Waals surface area contributed by atoms with Gasteiger partial charge < -0.3 is 15.8 Å². The number of nitrogens with zero attached hydrogens (tertiary/aromatic N) is 2. The third-order valence-electron chi connectivity index (χ3n) is 4.59. The van der Waals surface area contributed by atoms with Gasteiger partial charge in [0, 0.05) is 38.1 Å². The lowest BCUT2D eigenvalue weighted by Crippen LogP contribution is -2.49. The van der Waals surface area contributed by atoms with Gasteiger partial charge in [-0.25, -0.2) is 0 Å². The molecule has 0 radical (unpaired) electrons. The van der Waals surface area contributed by atoms with Crippen LogP contribution in [0.15, 0.2) is 0 Å². The second-order valence-corrected chi connectivity index (χ2v) is 5.98. The van der Waals surface area contributed by atoms with Crippen LogP contribution in [0.5, 0.6) is 0 Å². The molecule has 1 aromatic rings. The van der Waals surface area contributed by atoms with E-state index in [-0.39, 0.29) is 24.8 Å².